The summed E-state index contributed by atoms with van der Waals surface area (Å²) in [5.74, 6) is 0.520. The molecule has 0 radical (unpaired) electrons. The number of aromatic nitrogens is 3. The van der Waals surface area contributed by atoms with E-state index in [0.717, 1.165) is 18.2 Å². The van der Waals surface area contributed by atoms with Crippen molar-refractivity contribution in [3.05, 3.63) is 0 Å². The van der Waals surface area contributed by atoms with E-state index in [1.165, 1.54) is 12.8 Å². The van der Waals surface area contributed by atoms with Gasteiger partial charge in [0.2, 0.25) is 5.95 Å². The highest BCUT2D eigenvalue weighted by molar-refractivity contribution is 7.99. The van der Waals surface area contributed by atoms with Gasteiger partial charge in [-0.1, -0.05) is 11.8 Å². The molecular formula is C10H19N5S. The van der Waals surface area contributed by atoms with E-state index in [-0.39, 0.29) is 0 Å². The molecule has 0 aliphatic carbocycles. The summed E-state index contributed by atoms with van der Waals surface area (Å²) in [5, 5.41) is 13.1. The van der Waals surface area contributed by atoms with Gasteiger partial charge >= 0.3 is 0 Å². The number of nitrogens with one attached hydrogen (secondary N) is 1. The number of nitrogen functional groups attached to an aromatic ring is 1. The molecule has 1 fully saturated rings. The molecule has 1 aromatic rings. The number of nitrogens with zero attached hydrogens (tertiary/aromatic N) is 3. The Labute approximate surface area is 100 Å². The average molecular weight is 241 g/mol. The molecule has 5 nitrogen and oxygen atoms in total. The Hall–Kier alpha value is -0.750. The summed E-state index contributed by atoms with van der Waals surface area (Å²) < 4.78 is 2.01. The van der Waals surface area contributed by atoms with Crippen LogP contribution in [0.15, 0.2) is 5.16 Å². The number of nitrogens with two attached hydrogens (primary N) is 1. The zero-order valence-corrected chi connectivity index (χ0v) is 10.6. The summed E-state index contributed by atoms with van der Waals surface area (Å²) in [6.45, 7) is 6.41. The summed E-state index contributed by atoms with van der Waals surface area (Å²) in [6, 6.07) is 0.319. The molecule has 2 rings (SSSR count). The molecule has 1 aromatic heterocycles. The fourth-order valence-corrected chi connectivity index (χ4v) is 3.19. The van der Waals surface area contributed by atoms with Gasteiger partial charge in [-0.15, -0.1) is 10.2 Å². The molecule has 0 saturated carbocycles. The first kappa shape index (κ1) is 11.7. The predicted octanol–water partition coefficient (Wildman–Crippen LogP) is 1.29. The van der Waals surface area contributed by atoms with Crippen molar-refractivity contribution in [2.75, 3.05) is 18.8 Å². The lowest BCUT2D eigenvalue weighted by Crippen LogP contribution is -2.29. The Kier molecular flexibility index (Phi) is 3.70. The molecule has 0 amide bonds. The van der Waals surface area contributed by atoms with Crippen molar-refractivity contribution in [3.63, 3.8) is 0 Å². The van der Waals surface area contributed by atoms with E-state index in [2.05, 4.69) is 29.4 Å². The van der Waals surface area contributed by atoms with Crippen molar-refractivity contribution >= 4 is 17.7 Å². The van der Waals surface area contributed by atoms with Gasteiger partial charge in [-0.3, -0.25) is 4.57 Å². The van der Waals surface area contributed by atoms with Crippen LogP contribution in [0.2, 0.25) is 0 Å². The molecule has 90 valence electrons. The van der Waals surface area contributed by atoms with Crippen molar-refractivity contribution in [2.24, 2.45) is 0 Å². The van der Waals surface area contributed by atoms with Gasteiger partial charge < -0.3 is 11.1 Å². The largest absolute Gasteiger partial charge is 0.368 e. The second kappa shape index (κ2) is 5.05. The van der Waals surface area contributed by atoms with Crippen molar-refractivity contribution < 1.29 is 0 Å². The first-order chi connectivity index (χ1) is 7.68. The molecule has 6 heteroatoms. The fraction of sp³-hybridized carbons (Fsp3) is 0.800. The monoisotopic (exact) mass is 241 g/mol. The molecular weight excluding hydrogens is 222 g/mol. The minimum absolute atomic E-state index is 0.319. The van der Waals surface area contributed by atoms with Gasteiger partial charge in [0.25, 0.3) is 0 Å². The van der Waals surface area contributed by atoms with Gasteiger partial charge in [-0.25, -0.2) is 0 Å². The third-order valence-corrected chi connectivity index (χ3v) is 4.06. The highest BCUT2D eigenvalue weighted by atomic mass is 32.2. The number of piperidine rings is 1. The summed E-state index contributed by atoms with van der Waals surface area (Å²) >= 11 is 1.81. The lowest BCUT2D eigenvalue weighted by molar-refractivity contribution is 0.524. The molecule has 1 aliphatic heterocycles. The zero-order valence-electron chi connectivity index (χ0n) is 9.81. The van der Waals surface area contributed by atoms with E-state index in [1.807, 2.05) is 16.3 Å². The van der Waals surface area contributed by atoms with Crippen LogP contribution >= 0.6 is 11.8 Å². The van der Waals surface area contributed by atoms with E-state index in [9.17, 15) is 0 Å². The Morgan fingerprint density at radius 1 is 1.38 bits per heavy atom. The second-order valence-corrected chi connectivity index (χ2v) is 5.64. The predicted molar refractivity (Wildman–Crippen MR) is 66.6 cm³/mol. The second-order valence-electron chi connectivity index (χ2n) is 4.37. The van der Waals surface area contributed by atoms with E-state index < -0.39 is 0 Å². The van der Waals surface area contributed by atoms with E-state index >= 15 is 0 Å². The maximum absolute atomic E-state index is 5.81. The van der Waals surface area contributed by atoms with Crippen molar-refractivity contribution in [3.8, 4) is 0 Å². The molecule has 0 bridgehead atoms. The molecule has 1 saturated heterocycles. The molecule has 0 spiro atoms. The van der Waals surface area contributed by atoms with Crippen molar-refractivity contribution in [2.45, 2.75) is 43.1 Å². The molecule has 2 heterocycles. The Bertz CT molecular complexity index is 343. The minimum atomic E-state index is 0.319. The third-order valence-electron chi connectivity index (χ3n) is 2.77. The van der Waals surface area contributed by atoms with Gasteiger partial charge in [-0.2, -0.15) is 0 Å². The lowest BCUT2D eigenvalue weighted by atomic mass is 10.2. The number of thioether (sulfide) groups is 1. The number of hydrogen-bond donors (Lipinski definition) is 2. The molecule has 0 aromatic carbocycles. The van der Waals surface area contributed by atoms with Crippen LogP contribution in [0.1, 0.15) is 32.7 Å². The van der Waals surface area contributed by atoms with Crippen LogP contribution in [0.5, 0.6) is 0 Å². The normalized spacial score (nSPS) is 18.2. The molecule has 0 unspecified atom stereocenters. The molecule has 0 atom stereocenters. The quantitative estimate of drug-likeness (QED) is 0.834. The fourth-order valence-electron chi connectivity index (χ4n) is 1.92. The van der Waals surface area contributed by atoms with Gasteiger partial charge in [0.05, 0.1) is 0 Å². The van der Waals surface area contributed by atoms with Crippen LogP contribution in [0.3, 0.4) is 0 Å². The summed E-state index contributed by atoms with van der Waals surface area (Å²) in [6.07, 6.45) is 2.38. The maximum Gasteiger partial charge on any atom is 0.222 e. The average Bonchev–Trinajstić information content (AvgIpc) is 2.61. The van der Waals surface area contributed by atoms with E-state index in [0.29, 0.717) is 17.2 Å². The number of anilines is 1. The van der Waals surface area contributed by atoms with Crippen LogP contribution in [0, 0.1) is 0 Å². The summed E-state index contributed by atoms with van der Waals surface area (Å²) in [7, 11) is 0. The van der Waals surface area contributed by atoms with Gasteiger partial charge in [0, 0.05) is 11.3 Å². The maximum atomic E-state index is 5.81. The highest BCUT2D eigenvalue weighted by Crippen LogP contribution is 2.30. The standard InChI is InChI=1S/C10H19N5S/c1-7(2)15-9(11)13-14-10(15)16-8-3-5-12-6-4-8/h7-8,12H,3-6H2,1-2H3,(H2,11,13). The smallest absolute Gasteiger partial charge is 0.222 e. The number of rotatable bonds is 3. The SMILES string of the molecule is CC(C)n1c(N)nnc1SC1CCNCC1. The number of hydrogen-bond acceptors (Lipinski definition) is 5. The van der Waals surface area contributed by atoms with E-state index in [4.69, 9.17) is 5.73 Å². The molecule has 3 N–H and O–H groups in total. The van der Waals surface area contributed by atoms with Gasteiger partial charge in [0.1, 0.15) is 0 Å². The van der Waals surface area contributed by atoms with Gasteiger partial charge in [-0.05, 0) is 39.8 Å². The third kappa shape index (κ3) is 2.49. The summed E-state index contributed by atoms with van der Waals surface area (Å²) in [5.41, 5.74) is 5.81. The zero-order chi connectivity index (χ0) is 11.5. The Morgan fingerprint density at radius 3 is 2.69 bits per heavy atom. The Balaban J connectivity index is 2.08. The highest BCUT2D eigenvalue weighted by Gasteiger charge is 2.19. The van der Waals surface area contributed by atoms with Crippen molar-refractivity contribution in [1.82, 2.24) is 20.1 Å². The minimum Gasteiger partial charge on any atom is -0.368 e. The van der Waals surface area contributed by atoms with Crippen LogP contribution in [-0.4, -0.2) is 33.1 Å². The first-order valence-corrected chi connectivity index (χ1v) is 6.64. The Morgan fingerprint density at radius 2 is 2.06 bits per heavy atom. The van der Waals surface area contributed by atoms with Crippen LogP contribution in [-0.2, 0) is 0 Å². The summed E-state index contributed by atoms with van der Waals surface area (Å²) in [4.78, 5) is 0. The molecule has 1 aliphatic rings. The van der Waals surface area contributed by atoms with Crippen LogP contribution < -0.4 is 11.1 Å². The van der Waals surface area contributed by atoms with Crippen LogP contribution in [0.4, 0.5) is 5.95 Å². The molecule has 16 heavy (non-hydrogen) atoms. The van der Waals surface area contributed by atoms with Gasteiger partial charge in [0.15, 0.2) is 5.16 Å². The topological polar surface area (TPSA) is 68.8 Å². The first-order valence-electron chi connectivity index (χ1n) is 5.76. The van der Waals surface area contributed by atoms with Crippen LogP contribution in [0.25, 0.3) is 0 Å². The lowest BCUT2D eigenvalue weighted by Gasteiger charge is -2.22. The van der Waals surface area contributed by atoms with E-state index in [1.54, 1.807) is 0 Å². The van der Waals surface area contributed by atoms with Crippen molar-refractivity contribution in [1.29, 1.82) is 0 Å².